The maximum absolute atomic E-state index is 14.9. The predicted octanol–water partition coefficient (Wildman–Crippen LogP) is 7.22. The summed E-state index contributed by atoms with van der Waals surface area (Å²) in [5, 5.41) is 12.2. The van der Waals surface area contributed by atoms with Crippen LogP contribution in [-0.2, 0) is 25.6 Å². The number of hydrogen-bond acceptors (Lipinski definition) is 14. The van der Waals surface area contributed by atoms with Gasteiger partial charge >= 0.3 is 0 Å². The number of anilines is 1. The lowest BCUT2D eigenvalue weighted by Crippen LogP contribution is -2.46. The number of fused-ring (bicyclic) bond motifs is 5. The van der Waals surface area contributed by atoms with Crippen LogP contribution in [0.25, 0.3) is 22.4 Å². The molecule has 4 bridgehead atoms. The van der Waals surface area contributed by atoms with Crippen molar-refractivity contribution < 1.29 is 38.2 Å². The Morgan fingerprint density at radius 1 is 0.863 bits per heavy atom. The third kappa shape index (κ3) is 15.4. The minimum Gasteiger partial charge on any atom is -0.493 e. The fraction of sp³-hybridized carbons (Fsp3) is 0.482. The Hall–Kier alpha value is -6.32. The largest absolute Gasteiger partial charge is 0.493 e. The number of Topliss-reactive ketones (excluding diaryl/α,β-unsaturated/α-hetero) is 3. The number of likely N-dealkylation sites (N-methyl/N-ethyl adjacent to an activating group) is 1. The number of rotatable bonds is 21. The number of ketones is 3. The molecule has 392 valence electrons. The number of aromatic nitrogens is 1. The van der Waals surface area contributed by atoms with Crippen LogP contribution in [0.2, 0.25) is 0 Å². The average Bonchev–Trinajstić information content (AvgIpc) is 3.64. The van der Waals surface area contributed by atoms with Crippen LogP contribution >= 0.6 is 13.5 Å². The Balaban J connectivity index is 0.00000988. The molecule has 0 saturated heterocycles. The van der Waals surface area contributed by atoms with Crippen molar-refractivity contribution in [3.8, 4) is 45.7 Å². The van der Waals surface area contributed by atoms with Crippen LogP contribution in [-0.4, -0.2) is 91.1 Å². The molecule has 2 aliphatic rings. The molecule has 6 rings (SSSR count). The molecule has 1 fully saturated rings. The molecule has 0 radical (unpaired) electrons. The van der Waals surface area contributed by atoms with Gasteiger partial charge in [-0.25, -0.2) is 0 Å². The second kappa shape index (κ2) is 28.2. The fourth-order valence-electron chi connectivity index (χ4n) is 9.62. The van der Waals surface area contributed by atoms with Gasteiger partial charge in [-0.05, 0) is 144 Å². The molecule has 3 aromatic carbocycles. The summed E-state index contributed by atoms with van der Waals surface area (Å²) in [5.41, 5.74) is 28.9. The number of amides is 2. The Morgan fingerprint density at radius 2 is 1.51 bits per heavy atom. The van der Waals surface area contributed by atoms with E-state index in [0.29, 0.717) is 77.7 Å². The molecule has 1 aliphatic carbocycles. The lowest BCUT2D eigenvalue weighted by molar-refractivity contribution is -0.142. The zero-order chi connectivity index (χ0) is 51.7. The lowest BCUT2D eigenvalue weighted by Gasteiger charge is -2.32. The van der Waals surface area contributed by atoms with Crippen LogP contribution in [0.3, 0.4) is 0 Å². The van der Waals surface area contributed by atoms with Crippen molar-refractivity contribution in [1.29, 1.82) is 5.26 Å². The van der Waals surface area contributed by atoms with E-state index in [4.69, 9.17) is 42.1 Å². The monoisotopic (exact) mass is 1020 g/mol. The van der Waals surface area contributed by atoms with Crippen molar-refractivity contribution in [3.63, 3.8) is 0 Å². The molecule has 73 heavy (non-hydrogen) atoms. The van der Waals surface area contributed by atoms with Gasteiger partial charge in [0.25, 0.3) is 0 Å². The first-order chi connectivity index (χ1) is 34.8. The van der Waals surface area contributed by atoms with Crippen LogP contribution in [0, 0.1) is 30.1 Å². The van der Waals surface area contributed by atoms with E-state index in [0.717, 1.165) is 24.2 Å². The second-order valence-electron chi connectivity index (χ2n) is 19.1. The normalized spacial score (nSPS) is 17.6. The van der Waals surface area contributed by atoms with E-state index in [-0.39, 0.29) is 88.3 Å². The molecule has 4 atom stereocenters. The van der Waals surface area contributed by atoms with Gasteiger partial charge in [0.15, 0.2) is 17.3 Å². The first-order valence-electron chi connectivity index (χ1n) is 25.5. The number of carbonyl (C=O) groups is 5. The zero-order valence-electron chi connectivity index (χ0n) is 42.6. The molecular formula is C56H74N8O8S. The number of hydrogen-bond donors (Lipinski definition) is 5. The van der Waals surface area contributed by atoms with Crippen molar-refractivity contribution in [3.05, 3.63) is 89.1 Å². The quantitative estimate of drug-likeness (QED) is 0.0313. The Kier molecular flexibility index (Phi) is 22.3. The van der Waals surface area contributed by atoms with Crippen LogP contribution in [0.15, 0.2) is 66.7 Å². The van der Waals surface area contributed by atoms with E-state index in [9.17, 15) is 29.2 Å². The Morgan fingerprint density at radius 3 is 2.12 bits per heavy atom. The summed E-state index contributed by atoms with van der Waals surface area (Å²) in [4.78, 5) is 77.7. The zero-order valence-corrected chi connectivity index (χ0v) is 43.6. The summed E-state index contributed by atoms with van der Waals surface area (Å²) in [6, 6.07) is 19.8. The molecule has 1 saturated carbocycles. The molecule has 0 unspecified atom stereocenters. The molecule has 0 spiro atoms. The van der Waals surface area contributed by atoms with E-state index in [1.807, 2.05) is 42.5 Å². The predicted molar refractivity (Wildman–Crippen MR) is 287 cm³/mol. The molecular weight excluding hydrogens is 945 g/mol. The van der Waals surface area contributed by atoms with E-state index >= 15 is 0 Å². The standard InChI is InChI=1S/C56H72N8O8.H2S/c1-35-29-50(67)54(39-17-21-52(71-28-10-25-59)44(32-39)43-30-37(14-20-51(43)70-27-9-24-58)31-47(63-55(35)68)48(65)13-8-23-57)64(3)56(69)40(22-26-60)33-49(66)53-36(2)62-46(34-45(53)61)38-15-18-42(19-16-38)72-41-11-6-4-5-7-12-41;/h14-21,30,32,34-35,40-41,47,54H,4-13,22,24-29,31,33,58-60H2,1-3H3,(H2,61,62)(H,63,68);1H2/t35-,40-,47+,54+;/m1./s1. The number of aryl methyl sites for hydroxylation is 1. The number of carbonyl (C=O) groups excluding carboxylic acids is 5. The van der Waals surface area contributed by atoms with Crippen molar-refractivity contribution in [1.82, 2.24) is 15.2 Å². The maximum Gasteiger partial charge on any atom is 0.226 e. The molecule has 4 aromatic rings. The molecule has 2 heterocycles. The van der Waals surface area contributed by atoms with Crippen molar-refractivity contribution in [2.45, 2.75) is 122 Å². The van der Waals surface area contributed by atoms with Crippen molar-refractivity contribution >= 4 is 48.3 Å². The summed E-state index contributed by atoms with van der Waals surface area (Å²) in [6.07, 6.45) is 7.75. The number of benzene rings is 3. The smallest absolute Gasteiger partial charge is 0.226 e. The van der Waals surface area contributed by atoms with Gasteiger partial charge in [-0.15, -0.1) is 0 Å². The van der Waals surface area contributed by atoms with E-state index in [1.165, 1.54) is 37.6 Å². The topological polar surface area (TPSA) is 269 Å². The summed E-state index contributed by atoms with van der Waals surface area (Å²) >= 11 is 0. The molecule has 9 N–H and O–H groups in total. The summed E-state index contributed by atoms with van der Waals surface area (Å²) in [5.74, 6) is -2.42. The summed E-state index contributed by atoms with van der Waals surface area (Å²) < 4.78 is 18.9. The average molecular weight is 1020 g/mol. The molecule has 1 aromatic heterocycles. The Bertz CT molecular complexity index is 2550. The first-order valence-corrected chi connectivity index (χ1v) is 25.5. The van der Waals surface area contributed by atoms with Gasteiger partial charge < -0.3 is 47.4 Å². The fourth-order valence-corrected chi connectivity index (χ4v) is 9.62. The maximum atomic E-state index is 14.9. The highest BCUT2D eigenvalue weighted by molar-refractivity contribution is 7.59. The Labute approximate surface area is 436 Å². The van der Waals surface area contributed by atoms with Gasteiger partial charge in [-0.2, -0.15) is 18.8 Å². The number of nitrogen functional groups attached to an aromatic ring is 1. The second-order valence-corrected chi connectivity index (χ2v) is 19.1. The van der Waals surface area contributed by atoms with Gasteiger partial charge in [0.1, 0.15) is 23.3 Å². The van der Waals surface area contributed by atoms with E-state index in [1.54, 1.807) is 44.2 Å². The van der Waals surface area contributed by atoms with Gasteiger partial charge in [0.05, 0.1) is 48.4 Å². The van der Waals surface area contributed by atoms with Gasteiger partial charge in [0.2, 0.25) is 11.8 Å². The first kappa shape index (κ1) is 57.6. The van der Waals surface area contributed by atoms with Crippen LogP contribution in [0.4, 0.5) is 5.69 Å². The number of nitrogens with zero attached hydrogens (tertiary/aromatic N) is 3. The third-order valence-electron chi connectivity index (χ3n) is 13.5. The minimum atomic E-state index is -1.25. The molecule has 2 amide bonds. The number of nitrogens with two attached hydrogens (primary N) is 4. The third-order valence-corrected chi connectivity index (χ3v) is 13.5. The van der Waals surface area contributed by atoms with Gasteiger partial charge in [-0.1, -0.05) is 31.9 Å². The van der Waals surface area contributed by atoms with Gasteiger partial charge in [-0.3, -0.25) is 29.0 Å². The molecule has 1 aliphatic heterocycles. The SMILES string of the molecule is Cc1nc(-c2ccc(OC3CCCCCC3)cc2)cc(N)c1C(=O)C[C@@H](CCN)C(=O)N(C)[C@@H]1C(=O)C[C@@H](C)C(=O)N[C@H](C(=O)CCC#N)Cc2ccc(OCCCN)c(c2)-c2cc1ccc2OCCCN.S. The molecule has 17 heteroatoms. The van der Waals surface area contributed by atoms with Crippen molar-refractivity contribution in [2.24, 2.45) is 29.0 Å². The minimum absolute atomic E-state index is 0. The number of ether oxygens (including phenoxy) is 3. The highest BCUT2D eigenvalue weighted by atomic mass is 32.1. The lowest BCUT2D eigenvalue weighted by atomic mass is 9.88. The van der Waals surface area contributed by atoms with Gasteiger partial charge in [0, 0.05) is 66.9 Å². The van der Waals surface area contributed by atoms with Crippen LogP contribution < -0.4 is 42.5 Å². The summed E-state index contributed by atoms with van der Waals surface area (Å²) in [7, 11) is 1.51. The highest BCUT2D eigenvalue weighted by Crippen LogP contribution is 2.41. The van der Waals surface area contributed by atoms with E-state index in [2.05, 4.69) is 5.32 Å². The molecule has 16 nitrogen and oxygen atoms in total. The summed E-state index contributed by atoms with van der Waals surface area (Å²) in [6.45, 7) is 4.72. The van der Waals surface area contributed by atoms with E-state index < -0.39 is 47.3 Å². The van der Waals surface area contributed by atoms with Crippen molar-refractivity contribution in [2.75, 3.05) is 45.6 Å². The number of pyridine rings is 1. The number of nitriles is 1. The number of nitrogens with one attached hydrogen (secondary N) is 1. The van der Waals surface area contributed by atoms with Crippen LogP contribution in [0.1, 0.15) is 124 Å². The highest BCUT2D eigenvalue weighted by Gasteiger charge is 2.37. The van der Waals surface area contributed by atoms with Crippen LogP contribution in [0.5, 0.6) is 17.2 Å².